The van der Waals surface area contributed by atoms with Crippen LogP contribution in [0.4, 0.5) is 0 Å². The third-order valence-electron chi connectivity index (χ3n) is 2.30. The molecular weight excluding hydrogens is 228 g/mol. The molecule has 0 aromatic heterocycles. The normalized spacial score (nSPS) is 11.5. The second-order valence-corrected chi connectivity index (χ2v) is 5.12. The van der Waals surface area contributed by atoms with Gasteiger partial charge in [0, 0.05) is 5.56 Å². The quantitative estimate of drug-likeness (QED) is 0.462. The van der Waals surface area contributed by atoms with Crippen molar-refractivity contribution >= 4 is 5.84 Å². The van der Waals surface area contributed by atoms with Gasteiger partial charge < -0.3 is 15.2 Å². The fourth-order valence-electron chi connectivity index (χ4n) is 1.38. The summed E-state index contributed by atoms with van der Waals surface area (Å²) in [7, 11) is 0. The highest BCUT2D eigenvalue weighted by Crippen LogP contribution is 2.07. The van der Waals surface area contributed by atoms with E-state index in [2.05, 4.69) is 0 Å². The Morgan fingerprint density at radius 2 is 1.78 bits per heavy atom. The Morgan fingerprint density at radius 3 is 2.28 bits per heavy atom. The Bertz CT molecular complexity index is 380. The van der Waals surface area contributed by atoms with Gasteiger partial charge in [0.1, 0.15) is 5.84 Å². The molecule has 0 aliphatic carbocycles. The number of nitrogens with one attached hydrogen (secondary N) is 1. The number of nitrogen functional groups attached to an aromatic ring is 1. The van der Waals surface area contributed by atoms with E-state index in [-0.39, 0.29) is 11.4 Å². The van der Waals surface area contributed by atoms with Gasteiger partial charge in [-0.2, -0.15) is 0 Å². The first-order chi connectivity index (χ1) is 8.38. The van der Waals surface area contributed by atoms with Crippen molar-refractivity contribution in [2.75, 3.05) is 13.2 Å². The van der Waals surface area contributed by atoms with Gasteiger partial charge >= 0.3 is 0 Å². The minimum atomic E-state index is -0.119. The highest BCUT2D eigenvalue weighted by atomic mass is 16.5. The van der Waals surface area contributed by atoms with Crippen LogP contribution in [0.3, 0.4) is 0 Å². The molecule has 0 spiro atoms. The van der Waals surface area contributed by atoms with Gasteiger partial charge in [0.05, 0.1) is 25.4 Å². The van der Waals surface area contributed by atoms with Crippen molar-refractivity contribution in [1.29, 1.82) is 5.41 Å². The van der Waals surface area contributed by atoms with Crippen LogP contribution >= 0.6 is 0 Å². The Hall–Kier alpha value is -1.39. The summed E-state index contributed by atoms with van der Waals surface area (Å²) >= 11 is 0. The van der Waals surface area contributed by atoms with Crippen LogP contribution in [0.5, 0.6) is 0 Å². The van der Waals surface area contributed by atoms with E-state index in [1.165, 1.54) is 0 Å². The maximum Gasteiger partial charge on any atom is 0.122 e. The smallest absolute Gasteiger partial charge is 0.122 e. The highest BCUT2D eigenvalue weighted by molar-refractivity contribution is 5.94. The second kappa shape index (κ2) is 6.52. The molecular formula is C14H22N2O2. The van der Waals surface area contributed by atoms with E-state index in [1.54, 1.807) is 0 Å². The summed E-state index contributed by atoms with van der Waals surface area (Å²) in [5.74, 6) is 0.0843. The first kappa shape index (κ1) is 14.7. The van der Waals surface area contributed by atoms with E-state index in [9.17, 15) is 0 Å². The van der Waals surface area contributed by atoms with Crippen LogP contribution < -0.4 is 5.73 Å². The lowest BCUT2D eigenvalue weighted by Crippen LogP contribution is -2.21. The second-order valence-electron chi connectivity index (χ2n) is 5.12. The topological polar surface area (TPSA) is 68.3 Å². The number of benzene rings is 1. The van der Waals surface area contributed by atoms with Crippen molar-refractivity contribution in [1.82, 2.24) is 0 Å². The van der Waals surface area contributed by atoms with Crippen LogP contribution in [0.1, 0.15) is 31.9 Å². The lowest BCUT2D eigenvalue weighted by molar-refractivity contribution is -0.0376. The first-order valence-electron chi connectivity index (χ1n) is 6.03. The number of rotatable bonds is 6. The van der Waals surface area contributed by atoms with Gasteiger partial charge in [-0.3, -0.25) is 5.41 Å². The molecule has 0 atom stereocenters. The van der Waals surface area contributed by atoms with Crippen LogP contribution in [0.25, 0.3) is 0 Å². The van der Waals surface area contributed by atoms with Gasteiger partial charge in [0.15, 0.2) is 0 Å². The minimum Gasteiger partial charge on any atom is -0.384 e. The van der Waals surface area contributed by atoms with Crippen LogP contribution in [-0.4, -0.2) is 24.7 Å². The molecule has 0 fully saturated rings. The highest BCUT2D eigenvalue weighted by Gasteiger charge is 2.08. The predicted octanol–water partition coefficient (Wildman–Crippen LogP) is 2.30. The summed E-state index contributed by atoms with van der Waals surface area (Å²) in [6, 6.07) is 7.49. The van der Waals surface area contributed by atoms with E-state index >= 15 is 0 Å². The molecule has 0 aliphatic rings. The molecule has 1 aromatic rings. The molecule has 4 heteroatoms. The number of nitrogens with two attached hydrogens (primary N) is 1. The number of amidine groups is 1. The van der Waals surface area contributed by atoms with E-state index in [1.807, 2.05) is 45.0 Å². The van der Waals surface area contributed by atoms with Crippen molar-refractivity contribution in [3.05, 3.63) is 35.4 Å². The van der Waals surface area contributed by atoms with Gasteiger partial charge in [-0.15, -0.1) is 0 Å². The van der Waals surface area contributed by atoms with Gasteiger partial charge in [-0.1, -0.05) is 24.3 Å². The first-order valence-corrected chi connectivity index (χ1v) is 6.03. The molecule has 18 heavy (non-hydrogen) atoms. The maximum atomic E-state index is 7.29. The summed E-state index contributed by atoms with van der Waals surface area (Å²) in [4.78, 5) is 0. The summed E-state index contributed by atoms with van der Waals surface area (Å²) in [5.41, 5.74) is 7.06. The molecule has 1 rings (SSSR count). The molecule has 0 bridgehead atoms. The lowest BCUT2D eigenvalue weighted by Gasteiger charge is -2.19. The van der Waals surface area contributed by atoms with Gasteiger partial charge in [-0.25, -0.2) is 0 Å². The molecule has 100 valence electrons. The third kappa shape index (κ3) is 5.80. The van der Waals surface area contributed by atoms with Crippen molar-refractivity contribution in [3.63, 3.8) is 0 Å². The van der Waals surface area contributed by atoms with Gasteiger partial charge in [0.25, 0.3) is 0 Å². The molecule has 0 saturated carbocycles. The molecule has 4 nitrogen and oxygen atoms in total. The van der Waals surface area contributed by atoms with Crippen LogP contribution in [0.15, 0.2) is 24.3 Å². The van der Waals surface area contributed by atoms with Crippen LogP contribution in [-0.2, 0) is 16.1 Å². The van der Waals surface area contributed by atoms with Crippen molar-refractivity contribution in [3.8, 4) is 0 Å². The Morgan fingerprint density at radius 1 is 1.17 bits per heavy atom. The van der Waals surface area contributed by atoms with Gasteiger partial charge in [-0.05, 0) is 26.3 Å². The van der Waals surface area contributed by atoms with E-state index < -0.39 is 0 Å². The molecule has 0 amide bonds. The SMILES string of the molecule is CC(C)(C)OCCOCc1ccc(C(=N)N)cc1. The zero-order chi connectivity index (χ0) is 13.6. The molecule has 1 aromatic carbocycles. The largest absolute Gasteiger partial charge is 0.384 e. The molecule has 0 saturated heterocycles. The summed E-state index contributed by atoms with van der Waals surface area (Å²) < 4.78 is 11.1. The Kier molecular flexibility index (Phi) is 5.31. The summed E-state index contributed by atoms with van der Waals surface area (Å²) in [6.07, 6.45) is 0. The van der Waals surface area contributed by atoms with E-state index in [4.69, 9.17) is 20.6 Å². The summed E-state index contributed by atoms with van der Waals surface area (Å²) in [6.45, 7) is 7.78. The third-order valence-corrected chi connectivity index (χ3v) is 2.30. The van der Waals surface area contributed by atoms with Crippen molar-refractivity contribution < 1.29 is 9.47 Å². The number of hydrogen-bond acceptors (Lipinski definition) is 3. The van der Waals surface area contributed by atoms with Crippen molar-refractivity contribution in [2.24, 2.45) is 5.73 Å². The molecule has 0 aliphatic heterocycles. The maximum absolute atomic E-state index is 7.29. The zero-order valence-corrected chi connectivity index (χ0v) is 11.3. The van der Waals surface area contributed by atoms with E-state index in [0.717, 1.165) is 11.1 Å². The van der Waals surface area contributed by atoms with Crippen LogP contribution in [0, 0.1) is 5.41 Å². The minimum absolute atomic E-state index is 0.0843. The van der Waals surface area contributed by atoms with Crippen molar-refractivity contribution in [2.45, 2.75) is 33.0 Å². The Balaban J connectivity index is 2.25. The fourth-order valence-corrected chi connectivity index (χ4v) is 1.38. The Labute approximate surface area is 109 Å². The lowest BCUT2D eigenvalue weighted by atomic mass is 10.1. The standard InChI is InChI=1S/C14H22N2O2/c1-14(2,3)18-9-8-17-10-11-4-6-12(7-5-11)13(15)16/h4-7H,8-10H2,1-3H3,(H3,15,16). The van der Waals surface area contributed by atoms with E-state index in [0.29, 0.717) is 19.8 Å². The average Bonchev–Trinajstić information content (AvgIpc) is 2.27. The predicted molar refractivity (Wildman–Crippen MR) is 72.8 cm³/mol. The molecule has 0 unspecified atom stereocenters. The summed E-state index contributed by atoms with van der Waals surface area (Å²) in [5, 5.41) is 7.29. The van der Waals surface area contributed by atoms with Crippen LogP contribution in [0.2, 0.25) is 0 Å². The molecule has 0 heterocycles. The molecule has 3 N–H and O–H groups in total. The zero-order valence-electron chi connectivity index (χ0n) is 11.3. The average molecular weight is 250 g/mol. The fraction of sp³-hybridized carbons (Fsp3) is 0.500. The van der Waals surface area contributed by atoms with Gasteiger partial charge in [0.2, 0.25) is 0 Å². The monoisotopic (exact) mass is 250 g/mol. The number of hydrogen-bond donors (Lipinski definition) is 2. The molecule has 0 radical (unpaired) electrons. The number of ether oxygens (including phenoxy) is 2.